The predicted octanol–water partition coefficient (Wildman–Crippen LogP) is 16.6. The second-order valence-electron chi connectivity index (χ2n) is 23.4. The molecule has 0 spiro atoms. The Labute approximate surface area is 721 Å². The van der Waals surface area contributed by atoms with Crippen molar-refractivity contribution in [2.24, 2.45) is 5.92 Å². The van der Waals surface area contributed by atoms with Gasteiger partial charge in [0.25, 0.3) is 0 Å². The van der Waals surface area contributed by atoms with E-state index in [0.717, 1.165) is 122 Å². The minimum Gasteiger partial charge on any atom is -0.481 e. The third kappa shape index (κ3) is 435. The maximum atomic E-state index is 10.0. The Morgan fingerprint density at radius 1 is 0.139 bits per heavy atom. The Bertz CT molecular complexity index is 1780. The molecule has 0 radical (unpaired) electrons. The Morgan fingerprint density at radius 2 is 0.197 bits per heavy atom. The molecule has 0 aromatic heterocycles. The van der Waals surface area contributed by atoms with E-state index >= 15 is 0 Å². The van der Waals surface area contributed by atoms with E-state index < -0.39 is 125 Å². The van der Waals surface area contributed by atoms with Gasteiger partial charge < -0.3 is 107 Å². The van der Waals surface area contributed by atoms with Crippen LogP contribution in [0, 0.1) is 5.92 Å². The van der Waals surface area contributed by atoms with Gasteiger partial charge in [0.1, 0.15) is 0 Å². The van der Waals surface area contributed by atoms with E-state index in [4.69, 9.17) is 107 Å². The van der Waals surface area contributed by atoms with Crippen molar-refractivity contribution >= 4 is 119 Å². The zero-order valence-corrected chi connectivity index (χ0v) is 76.4. The van der Waals surface area contributed by atoms with Crippen LogP contribution in [-0.2, 0) is 95.9 Å². The van der Waals surface area contributed by atoms with Crippen LogP contribution in [0.5, 0.6) is 0 Å². The van der Waals surface area contributed by atoms with E-state index in [0.29, 0.717) is 128 Å². The van der Waals surface area contributed by atoms with Crippen molar-refractivity contribution in [3.63, 3.8) is 0 Å². The molecule has 0 fully saturated rings. The number of hydrogen-bond acceptors (Lipinski definition) is 21. The monoisotopic (exact) mass is 1790 g/mol. The fourth-order valence-electron chi connectivity index (χ4n) is 4.45. The zero-order valence-electron chi connectivity index (χ0n) is 76.4. The van der Waals surface area contributed by atoms with Gasteiger partial charge in [-0.1, -0.05) is 138 Å². The fraction of sp³-hybridized carbons (Fsp3) is 0.753. The number of aliphatic carboxylic acids is 20. The van der Waals surface area contributed by atoms with Gasteiger partial charge in [-0.05, 0) is 128 Å². The van der Waals surface area contributed by atoms with Crippen molar-refractivity contribution in [1.29, 1.82) is 0 Å². The molecule has 0 aromatic carbocycles. The van der Waals surface area contributed by atoms with Crippen LogP contribution in [-0.4, -0.2) is 233 Å². The minimum atomic E-state index is -0.921. The van der Waals surface area contributed by atoms with E-state index in [2.05, 4.69) is 0 Å². The summed E-state index contributed by atoms with van der Waals surface area (Å²) in [6.45, 7) is 36.5. The Balaban J connectivity index is -0.0000000499. The number of rotatable bonds is 41. The van der Waals surface area contributed by atoms with Gasteiger partial charge >= 0.3 is 119 Å². The summed E-state index contributed by atoms with van der Waals surface area (Å²) >= 11 is 0. The largest absolute Gasteiger partial charge is 0.481 e. The van der Waals surface area contributed by atoms with Gasteiger partial charge in [0.05, 0.1) is 12.5 Å². The lowest BCUT2D eigenvalue weighted by Gasteiger charge is -2.01. The molecule has 732 valence electrons. The van der Waals surface area contributed by atoms with Crippen LogP contribution in [0.4, 0.5) is 0 Å². The highest BCUT2D eigenvalue weighted by atomic mass is 16.4. The molecule has 41 heteroatoms. The van der Waals surface area contributed by atoms with Crippen LogP contribution in [0.25, 0.3) is 0 Å². The molecule has 0 bridgehead atoms. The van der Waals surface area contributed by atoms with Crippen LogP contribution in [0.3, 0.4) is 0 Å². The SMILES string of the molecule is CCC(CO)C(=O)O.CCCC(=O)O.CCCC(=O)O.CCCC(=O)O.CCCC(=O)O.CCCC(=O)O.CCCC(=O)O.CCCC(=O)O.CCCC(=O)O.CCCC(=O)O.CCCC(=O)O.CCCC(=O)O.CCCC(=O)O.CCCC(=O)O.CCCC(=O)O.CCCC(=O)O.CCCC(=O)O.CCCC(=O)O.CCCC(=O)O.CCCC(=O)O. The molecule has 0 aliphatic carbocycles. The number of carboxylic acid groups (broad SMARTS) is 20. The minimum absolute atomic E-state index is 0.258. The summed E-state index contributed by atoms with van der Waals surface area (Å²) < 4.78 is 0. The summed E-state index contributed by atoms with van der Waals surface area (Å²) in [6, 6.07) is 0. The van der Waals surface area contributed by atoms with Gasteiger partial charge in [-0.15, -0.1) is 0 Å². The first kappa shape index (κ1) is 162. The molecule has 0 aromatic rings. The highest BCUT2D eigenvalue weighted by molar-refractivity contribution is 5.72. The molecule has 1 unspecified atom stereocenters. The standard InChI is InChI=1S/C5H10O3.19C4H8O2/c1-2-4(3-6)5(7)8;19*1-2-3-4(5)6/h4,6H,2-3H2,1H3,(H,7,8);19*2-3H2,1H3,(H,5,6). The molecular formula is C81H162O41. The average molecular weight is 1790 g/mol. The Hall–Kier alpha value is -10.6. The van der Waals surface area contributed by atoms with Crippen LogP contribution in [0.15, 0.2) is 0 Å². The van der Waals surface area contributed by atoms with Crippen molar-refractivity contribution in [2.45, 2.75) is 389 Å². The fourth-order valence-corrected chi connectivity index (χ4v) is 4.45. The average Bonchev–Trinajstić information content (AvgIpc) is 1.01. The second kappa shape index (κ2) is 155. The first-order chi connectivity index (χ1) is 56.3. The molecule has 41 nitrogen and oxygen atoms in total. The molecule has 21 N–H and O–H groups in total. The van der Waals surface area contributed by atoms with Crippen molar-refractivity contribution in [2.75, 3.05) is 6.61 Å². The van der Waals surface area contributed by atoms with Gasteiger partial charge in [-0.2, -0.15) is 0 Å². The molecule has 0 heterocycles. The molecule has 122 heavy (non-hydrogen) atoms. The first-order valence-corrected chi connectivity index (χ1v) is 40.3. The van der Waals surface area contributed by atoms with Gasteiger partial charge in [0.15, 0.2) is 0 Å². The summed E-state index contributed by atoms with van der Waals surface area (Å²) in [6.07, 6.45) is 19.9. The van der Waals surface area contributed by atoms with Crippen molar-refractivity contribution < 1.29 is 203 Å². The molecule has 0 aliphatic heterocycles. The van der Waals surface area contributed by atoms with Gasteiger partial charge in [-0.3, -0.25) is 95.9 Å². The van der Waals surface area contributed by atoms with Crippen molar-refractivity contribution in [3.8, 4) is 0 Å². The number of carboxylic acids is 20. The smallest absolute Gasteiger partial charge is 0.308 e. The van der Waals surface area contributed by atoms with E-state index in [1.807, 2.05) is 132 Å². The van der Waals surface area contributed by atoms with E-state index in [1.54, 1.807) is 6.92 Å². The van der Waals surface area contributed by atoms with Gasteiger partial charge in [0, 0.05) is 122 Å². The maximum Gasteiger partial charge on any atom is 0.308 e. The number of carbonyl (C=O) groups is 20. The molecule has 0 aliphatic rings. The normalized spacial score (nSPS) is 8.50. The summed E-state index contributed by atoms with van der Waals surface area (Å²) in [5.74, 6) is -15.0. The highest BCUT2D eigenvalue weighted by Crippen LogP contribution is 1.99. The van der Waals surface area contributed by atoms with Crippen LogP contribution in [0.1, 0.15) is 389 Å². The number of hydrogen-bond donors (Lipinski definition) is 21. The van der Waals surface area contributed by atoms with Crippen LogP contribution < -0.4 is 0 Å². The van der Waals surface area contributed by atoms with Gasteiger partial charge in [-0.25, -0.2) is 0 Å². The quantitative estimate of drug-likeness (QED) is 0.0270. The lowest BCUT2D eigenvalue weighted by atomic mass is 10.1. The lowest BCUT2D eigenvalue weighted by Crippen LogP contribution is -2.16. The first-order valence-electron chi connectivity index (χ1n) is 40.3. The highest BCUT2D eigenvalue weighted by Gasteiger charge is 2.12. The molecule has 0 saturated heterocycles. The van der Waals surface area contributed by atoms with Crippen LogP contribution >= 0.6 is 0 Å². The van der Waals surface area contributed by atoms with Gasteiger partial charge in [0.2, 0.25) is 0 Å². The Morgan fingerprint density at radius 3 is 0.197 bits per heavy atom. The third-order valence-electron chi connectivity index (χ3n) is 9.88. The van der Waals surface area contributed by atoms with Crippen molar-refractivity contribution in [1.82, 2.24) is 0 Å². The Kier molecular flexibility index (Phi) is 206. The summed E-state index contributed by atoms with van der Waals surface area (Å²) in [5.41, 5.74) is 0. The predicted molar refractivity (Wildman–Crippen MR) is 457 cm³/mol. The zero-order chi connectivity index (χ0) is 101. The van der Waals surface area contributed by atoms with Crippen molar-refractivity contribution in [3.05, 3.63) is 0 Å². The second-order valence-corrected chi connectivity index (χ2v) is 23.4. The lowest BCUT2D eigenvalue weighted by molar-refractivity contribution is -0.143. The number of aliphatic hydroxyl groups is 1. The third-order valence-corrected chi connectivity index (χ3v) is 9.88. The summed E-state index contributed by atoms with van der Waals surface area (Å²) in [4.78, 5) is 192. The van der Waals surface area contributed by atoms with E-state index in [-0.39, 0.29) is 6.61 Å². The molecule has 0 amide bonds. The molecule has 0 rings (SSSR count). The summed E-state index contributed by atoms with van der Waals surface area (Å²) in [7, 11) is 0. The number of aliphatic hydroxyl groups excluding tert-OH is 1. The van der Waals surface area contributed by atoms with E-state index in [1.165, 1.54) is 0 Å². The van der Waals surface area contributed by atoms with E-state index in [9.17, 15) is 95.9 Å². The molecular weight excluding hydrogens is 1630 g/mol. The maximum absolute atomic E-state index is 10.0. The molecule has 1 atom stereocenters. The summed E-state index contributed by atoms with van der Waals surface area (Å²) in [5, 5.41) is 167. The van der Waals surface area contributed by atoms with Crippen LogP contribution in [0.2, 0.25) is 0 Å². The topological polar surface area (TPSA) is 766 Å². The molecule has 0 saturated carbocycles.